The Hall–Kier alpha value is -2.00. The number of benzene rings is 2. The second-order valence-corrected chi connectivity index (χ2v) is 5.64. The van der Waals surface area contributed by atoms with Crippen molar-refractivity contribution in [3.63, 3.8) is 0 Å². The molecule has 0 radical (unpaired) electrons. The quantitative estimate of drug-likeness (QED) is 0.935. The Morgan fingerprint density at radius 2 is 1.90 bits per heavy atom. The molecular formula is C18H21NO2. The van der Waals surface area contributed by atoms with Gasteiger partial charge in [-0.3, -0.25) is 0 Å². The van der Waals surface area contributed by atoms with Gasteiger partial charge in [-0.15, -0.1) is 0 Å². The van der Waals surface area contributed by atoms with Crippen LogP contribution in [0.15, 0.2) is 42.5 Å². The van der Waals surface area contributed by atoms with Crippen LogP contribution in [0.3, 0.4) is 0 Å². The van der Waals surface area contributed by atoms with E-state index in [1.165, 1.54) is 5.56 Å². The summed E-state index contributed by atoms with van der Waals surface area (Å²) in [4.78, 5) is 0. The van der Waals surface area contributed by atoms with Crippen LogP contribution < -0.4 is 15.2 Å². The number of para-hydroxylation sites is 2. The van der Waals surface area contributed by atoms with Gasteiger partial charge in [0.2, 0.25) is 0 Å². The summed E-state index contributed by atoms with van der Waals surface area (Å²) in [6, 6.07) is 14.4. The second kappa shape index (κ2) is 5.78. The van der Waals surface area contributed by atoms with Gasteiger partial charge in [0, 0.05) is 24.1 Å². The molecule has 0 bridgehead atoms. The topological polar surface area (TPSA) is 44.5 Å². The first-order valence-electron chi connectivity index (χ1n) is 7.43. The van der Waals surface area contributed by atoms with E-state index in [1.807, 2.05) is 32.0 Å². The van der Waals surface area contributed by atoms with Crippen LogP contribution in [0.1, 0.15) is 19.4 Å². The summed E-state index contributed by atoms with van der Waals surface area (Å²) in [7, 11) is 0. The maximum Gasteiger partial charge on any atom is 0.131 e. The Morgan fingerprint density at radius 1 is 1.14 bits per heavy atom. The minimum atomic E-state index is 0.0827. The highest BCUT2D eigenvalue weighted by Gasteiger charge is 2.25. The highest BCUT2D eigenvalue weighted by molar-refractivity contribution is 5.77. The van der Waals surface area contributed by atoms with Crippen molar-refractivity contribution in [2.24, 2.45) is 5.73 Å². The van der Waals surface area contributed by atoms with Gasteiger partial charge in [0.05, 0.1) is 6.10 Å². The molecule has 0 spiro atoms. The fraction of sp³-hybridized carbons (Fsp3) is 0.333. The third-order valence-electron chi connectivity index (χ3n) is 3.63. The lowest BCUT2D eigenvalue weighted by Gasteiger charge is -2.16. The summed E-state index contributed by atoms with van der Waals surface area (Å²) in [5.41, 5.74) is 9.13. The van der Waals surface area contributed by atoms with Crippen molar-refractivity contribution in [1.82, 2.24) is 0 Å². The van der Waals surface area contributed by atoms with E-state index in [-0.39, 0.29) is 12.2 Å². The fourth-order valence-corrected chi connectivity index (χ4v) is 2.73. The first kappa shape index (κ1) is 14.0. The predicted octanol–water partition coefficient (Wildman–Crippen LogP) is 3.40. The molecule has 2 aromatic rings. The lowest BCUT2D eigenvalue weighted by atomic mass is 10.00. The Bertz CT molecular complexity index is 637. The van der Waals surface area contributed by atoms with Gasteiger partial charge in [-0.1, -0.05) is 36.4 Å². The Kier molecular flexibility index (Phi) is 3.84. The lowest BCUT2D eigenvalue weighted by Crippen LogP contribution is -2.24. The maximum absolute atomic E-state index is 6.02. The lowest BCUT2D eigenvalue weighted by molar-refractivity contribution is 0.239. The van der Waals surface area contributed by atoms with Crippen LogP contribution in [-0.4, -0.2) is 18.8 Å². The van der Waals surface area contributed by atoms with Gasteiger partial charge in [0.25, 0.3) is 0 Å². The molecule has 1 aliphatic heterocycles. The van der Waals surface area contributed by atoms with Crippen LogP contribution in [0.5, 0.6) is 11.5 Å². The molecule has 0 fully saturated rings. The predicted molar refractivity (Wildman–Crippen MR) is 84.8 cm³/mol. The van der Waals surface area contributed by atoms with Gasteiger partial charge in [-0.05, 0) is 25.5 Å². The van der Waals surface area contributed by atoms with E-state index >= 15 is 0 Å². The Morgan fingerprint density at radius 3 is 2.67 bits per heavy atom. The van der Waals surface area contributed by atoms with Crippen molar-refractivity contribution < 1.29 is 9.47 Å². The number of hydrogen-bond acceptors (Lipinski definition) is 3. The summed E-state index contributed by atoms with van der Waals surface area (Å²) >= 11 is 0. The van der Waals surface area contributed by atoms with Crippen molar-refractivity contribution in [2.75, 3.05) is 6.54 Å². The van der Waals surface area contributed by atoms with E-state index in [0.29, 0.717) is 6.54 Å². The first-order valence-corrected chi connectivity index (χ1v) is 7.43. The largest absolute Gasteiger partial charge is 0.490 e. The molecule has 2 aromatic carbocycles. The zero-order valence-corrected chi connectivity index (χ0v) is 12.5. The highest BCUT2D eigenvalue weighted by Crippen LogP contribution is 2.42. The van der Waals surface area contributed by atoms with Crippen molar-refractivity contribution in [1.29, 1.82) is 0 Å². The number of ether oxygens (including phenoxy) is 2. The standard InChI is InChI=1S/C18H21NO2/c1-12(2)20-17-9-4-3-7-15(17)16-8-5-6-13-10-14(11-19)21-18(13)16/h3-9,12,14H,10-11,19H2,1-2H3/t14-/m0/s1. The average molecular weight is 283 g/mol. The van der Waals surface area contributed by atoms with Gasteiger partial charge < -0.3 is 15.2 Å². The molecule has 0 saturated heterocycles. The smallest absolute Gasteiger partial charge is 0.131 e. The van der Waals surface area contributed by atoms with Crippen LogP contribution >= 0.6 is 0 Å². The molecule has 0 aliphatic carbocycles. The molecule has 0 aromatic heterocycles. The van der Waals surface area contributed by atoms with Crippen LogP contribution in [0.25, 0.3) is 11.1 Å². The van der Waals surface area contributed by atoms with Crippen LogP contribution in [0.4, 0.5) is 0 Å². The van der Waals surface area contributed by atoms with Gasteiger partial charge >= 0.3 is 0 Å². The van der Waals surface area contributed by atoms with E-state index in [9.17, 15) is 0 Å². The average Bonchev–Trinajstić information content (AvgIpc) is 2.90. The van der Waals surface area contributed by atoms with Crippen LogP contribution in [-0.2, 0) is 6.42 Å². The number of nitrogens with two attached hydrogens (primary N) is 1. The van der Waals surface area contributed by atoms with E-state index in [0.717, 1.165) is 29.0 Å². The zero-order chi connectivity index (χ0) is 14.8. The van der Waals surface area contributed by atoms with Gasteiger partial charge in [0.1, 0.15) is 17.6 Å². The molecule has 1 heterocycles. The molecule has 2 N–H and O–H groups in total. The Labute approximate surface area is 125 Å². The molecule has 3 heteroatoms. The third kappa shape index (κ3) is 2.74. The molecule has 1 atom stereocenters. The zero-order valence-electron chi connectivity index (χ0n) is 12.5. The maximum atomic E-state index is 6.02. The number of rotatable bonds is 4. The van der Waals surface area contributed by atoms with Gasteiger partial charge in [0.15, 0.2) is 0 Å². The van der Waals surface area contributed by atoms with Crippen molar-refractivity contribution in [3.05, 3.63) is 48.0 Å². The van der Waals surface area contributed by atoms with Crippen molar-refractivity contribution in [3.8, 4) is 22.6 Å². The second-order valence-electron chi connectivity index (χ2n) is 5.64. The Balaban J connectivity index is 2.05. The molecule has 3 nitrogen and oxygen atoms in total. The number of fused-ring (bicyclic) bond motifs is 1. The van der Waals surface area contributed by atoms with Gasteiger partial charge in [-0.25, -0.2) is 0 Å². The van der Waals surface area contributed by atoms with Crippen LogP contribution in [0, 0.1) is 0 Å². The van der Waals surface area contributed by atoms with E-state index in [4.69, 9.17) is 15.2 Å². The number of hydrogen-bond donors (Lipinski definition) is 1. The SMILES string of the molecule is CC(C)Oc1ccccc1-c1cccc2c1O[C@H](CN)C2. The van der Waals surface area contributed by atoms with Gasteiger partial charge in [-0.2, -0.15) is 0 Å². The van der Waals surface area contributed by atoms with Crippen LogP contribution in [0.2, 0.25) is 0 Å². The highest BCUT2D eigenvalue weighted by atomic mass is 16.5. The van der Waals surface area contributed by atoms with Crippen molar-refractivity contribution >= 4 is 0 Å². The molecule has 0 saturated carbocycles. The summed E-state index contributed by atoms with van der Waals surface area (Å²) in [5.74, 6) is 1.84. The summed E-state index contributed by atoms with van der Waals surface area (Å²) < 4.78 is 12.0. The molecule has 0 amide bonds. The normalized spacial score (nSPS) is 16.7. The molecular weight excluding hydrogens is 262 g/mol. The van der Waals surface area contributed by atoms with Crippen molar-refractivity contribution in [2.45, 2.75) is 32.5 Å². The minimum absolute atomic E-state index is 0.0827. The molecule has 110 valence electrons. The van der Waals surface area contributed by atoms with E-state index < -0.39 is 0 Å². The van der Waals surface area contributed by atoms with E-state index in [2.05, 4.69) is 24.3 Å². The molecule has 21 heavy (non-hydrogen) atoms. The summed E-state index contributed by atoms with van der Waals surface area (Å²) in [6.45, 7) is 4.61. The first-order chi connectivity index (χ1) is 10.2. The van der Waals surface area contributed by atoms with E-state index in [1.54, 1.807) is 0 Å². The molecule has 1 aliphatic rings. The summed E-state index contributed by atoms with van der Waals surface area (Å²) in [5, 5.41) is 0. The summed E-state index contributed by atoms with van der Waals surface area (Å²) in [6.07, 6.45) is 1.10. The molecule has 3 rings (SSSR count). The third-order valence-corrected chi connectivity index (χ3v) is 3.63. The monoisotopic (exact) mass is 283 g/mol. The molecule has 0 unspecified atom stereocenters. The minimum Gasteiger partial charge on any atom is -0.490 e. The fourth-order valence-electron chi connectivity index (χ4n) is 2.73.